The normalized spacial score (nSPS) is 11.4. The molecule has 6 nitrogen and oxygen atoms in total. The Hall–Kier alpha value is -2.02. The number of hydrogen-bond acceptors (Lipinski definition) is 5. The second kappa shape index (κ2) is 6.95. The molecule has 1 aromatic rings. The largest absolute Gasteiger partial charge is 0.493 e. The number of benzene rings is 1. The number of nitrogens with one attached hydrogen (secondary N) is 1. The maximum Gasteiger partial charge on any atom is 0.252 e. The standard InChI is InChI=1S/C13H18N2O4S/c1-7(12(14)20)15-13(16)8-5-9(17-2)11(19-4)10(6-8)18-3/h5-7H,1-4H3,(H2,14,20)(H,15,16). The molecule has 0 fully saturated rings. The second-order valence-electron chi connectivity index (χ2n) is 4.01. The molecule has 0 aliphatic rings. The molecule has 20 heavy (non-hydrogen) atoms. The van der Waals surface area contributed by atoms with E-state index in [4.69, 9.17) is 32.2 Å². The molecular weight excluding hydrogens is 280 g/mol. The van der Waals surface area contributed by atoms with Crippen LogP contribution in [0, 0.1) is 0 Å². The molecule has 110 valence electrons. The molecule has 0 heterocycles. The summed E-state index contributed by atoms with van der Waals surface area (Å²) in [5, 5.41) is 2.68. The van der Waals surface area contributed by atoms with Gasteiger partial charge in [-0.25, -0.2) is 0 Å². The van der Waals surface area contributed by atoms with Gasteiger partial charge in [0.15, 0.2) is 11.5 Å². The Kier molecular flexibility index (Phi) is 5.57. The lowest BCUT2D eigenvalue weighted by Gasteiger charge is -2.16. The first-order valence-electron chi connectivity index (χ1n) is 5.84. The van der Waals surface area contributed by atoms with Gasteiger partial charge in [0.1, 0.15) is 0 Å². The summed E-state index contributed by atoms with van der Waals surface area (Å²) in [6, 6.07) is 2.71. The predicted molar refractivity (Wildman–Crippen MR) is 79.8 cm³/mol. The summed E-state index contributed by atoms with van der Waals surface area (Å²) in [7, 11) is 4.46. The fourth-order valence-corrected chi connectivity index (χ4v) is 1.62. The van der Waals surface area contributed by atoms with E-state index < -0.39 is 6.04 Å². The maximum atomic E-state index is 12.1. The molecule has 1 aromatic carbocycles. The van der Waals surface area contributed by atoms with Crippen molar-refractivity contribution >= 4 is 23.1 Å². The summed E-state index contributed by atoms with van der Waals surface area (Å²) >= 11 is 4.82. The van der Waals surface area contributed by atoms with Crippen LogP contribution < -0.4 is 25.3 Å². The minimum atomic E-state index is -0.406. The first-order chi connectivity index (χ1) is 9.44. The fourth-order valence-electron chi connectivity index (χ4n) is 1.56. The SMILES string of the molecule is COc1cc(C(=O)NC(C)C(N)=S)cc(OC)c1OC. The topological polar surface area (TPSA) is 82.8 Å². The zero-order valence-electron chi connectivity index (χ0n) is 11.9. The van der Waals surface area contributed by atoms with Crippen molar-refractivity contribution in [2.75, 3.05) is 21.3 Å². The molecule has 1 amide bonds. The van der Waals surface area contributed by atoms with Gasteiger partial charge in [0.25, 0.3) is 5.91 Å². The van der Waals surface area contributed by atoms with Gasteiger partial charge in [-0.15, -0.1) is 0 Å². The van der Waals surface area contributed by atoms with E-state index >= 15 is 0 Å². The first kappa shape index (κ1) is 16.0. The Bertz CT molecular complexity index is 494. The average molecular weight is 298 g/mol. The molecule has 1 rings (SSSR count). The van der Waals surface area contributed by atoms with Gasteiger partial charge in [0.2, 0.25) is 5.75 Å². The summed E-state index contributed by atoms with van der Waals surface area (Å²) < 4.78 is 15.6. The molecule has 0 bridgehead atoms. The number of methoxy groups -OCH3 is 3. The van der Waals surface area contributed by atoms with E-state index in [2.05, 4.69) is 5.32 Å². The van der Waals surface area contributed by atoms with Gasteiger partial charge in [0.05, 0.1) is 32.4 Å². The quantitative estimate of drug-likeness (QED) is 0.766. The van der Waals surface area contributed by atoms with E-state index in [1.165, 1.54) is 21.3 Å². The van der Waals surface area contributed by atoms with Crippen LogP contribution >= 0.6 is 12.2 Å². The van der Waals surface area contributed by atoms with Crippen LogP contribution in [0.2, 0.25) is 0 Å². The number of rotatable bonds is 6. The summed E-state index contributed by atoms with van der Waals surface area (Å²) in [4.78, 5) is 12.3. The van der Waals surface area contributed by atoms with Crippen LogP contribution in [0.25, 0.3) is 0 Å². The van der Waals surface area contributed by atoms with Gasteiger partial charge in [-0.05, 0) is 19.1 Å². The summed E-state index contributed by atoms with van der Waals surface area (Å²) in [5.74, 6) is 0.901. The van der Waals surface area contributed by atoms with Crippen LogP contribution in [0.3, 0.4) is 0 Å². The van der Waals surface area contributed by atoms with Crippen molar-refractivity contribution in [1.82, 2.24) is 5.32 Å². The molecule has 0 radical (unpaired) electrons. The Morgan fingerprint density at radius 3 is 2.05 bits per heavy atom. The zero-order chi connectivity index (χ0) is 15.3. The van der Waals surface area contributed by atoms with Crippen molar-refractivity contribution in [3.63, 3.8) is 0 Å². The molecule has 0 aliphatic carbocycles. The Balaban J connectivity index is 3.13. The Labute approximate surface area is 123 Å². The van der Waals surface area contributed by atoms with Crippen LogP contribution in [-0.4, -0.2) is 38.3 Å². The Morgan fingerprint density at radius 1 is 1.20 bits per heavy atom. The monoisotopic (exact) mass is 298 g/mol. The molecule has 1 unspecified atom stereocenters. The number of nitrogens with two attached hydrogens (primary N) is 1. The van der Waals surface area contributed by atoms with Crippen molar-refractivity contribution in [3.8, 4) is 17.2 Å². The first-order valence-corrected chi connectivity index (χ1v) is 6.25. The highest BCUT2D eigenvalue weighted by Crippen LogP contribution is 2.38. The molecule has 0 aromatic heterocycles. The van der Waals surface area contributed by atoms with Crippen molar-refractivity contribution in [3.05, 3.63) is 17.7 Å². The molecule has 1 atom stereocenters. The van der Waals surface area contributed by atoms with E-state index in [9.17, 15) is 4.79 Å². The van der Waals surface area contributed by atoms with Gasteiger partial charge in [0, 0.05) is 5.56 Å². The Morgan fingerprint density at radius 2 is 1.70 bits per heavy atom. The van der Waals surface area contributed by atoms with Gasteiger partial charge in [-0.3, -0.25) is 4.79 Å². The molecule has 3 N–H and O–H groups in total. The van der Waals surface area contributed by atoms with Crippen molar-refractivity contribution in [2.24, 2.45) is 5.73 Å². The number of thiocarbonyl (C=S) groups is 1. The van der Waals surface area contributed by atoms with Crippen LogP contribution in [0.5, 0.6) is 17.2 Å². The highest BCUT2D eigenvalue weighted by molar-refractivity contribution is 7.80. The number of carbonyl (C=O) groups is 1. The third kappa shape index (κ3) is 3.51. The lowest BCUT2D eigenvalue weighted by molar-refractivity contribution is 0.0948. The van der Waals surface area contributed by atoms with Gasteiger partial charge in [-0.2, -0.15) is 0 Å². The number of amides is 1. The van der Waals surface area contributed by atoms with Gasteiger partial charge >= 0.3 is 0 Å². The highest BCUT2D eigenvalue weighted by Gasteiger charge is 2.18. The summed E-state index contributed by atoms with van der Waals surface area (Å²) in [6.07, 6.45) is 0. The molecule has 0 saturated heterocycles. The molecule has 0 saturated carbocycles. The van der Waals surface area contributed by atoms with Crippen LogP contribution in [0.4, 0.5) is 0 Å². The molecule has 0 aliphatic heterocycles. The number of hydrogen-bond donors (Lipinski definition) is 2. The smallest absolute Gasteiger partial charge is 0.252 e. The third-order valence-electron chi connectivity index (χ3n) is 2.70. The van der Waals surface area contributed by atoms with Gasteiger partial charge in [-0.1, -0.05) is 12.2 Å². The predicted octanol–water partition coefficient (Wildman–Crippen LogP) is 1.12. The fraction of sp³-hybridized carbons (Fsp3) is 0.385. The minimum Gasteiger partial charge on any atom is -0.493 e. The number of ether oxygens (including phenoxy) is 3. The number of carbonyl (C=O) groups excluding carboxylic acids is 1. The molecule has 0 spiro atoms. The molecule has 7 heteroatoms. The lowest BCUT2D eigenvalue weighted by atomic mass is 10.1. The van der Waals surface area contributed by atoms with E-state index in [-0.39, 0.29) is 10.9 Å². The van der Waals surface area contributed by atoms with E-state index in [1.807, 2.05) is 0 Å². The van der Waals surface area contributed by atoms with E-state index in [0.29, 0.717) is 22.8 Å². The zero-order valence-corrected chi connectivity index (χ0v) is 12.7. The van der Waals surface area contributed by atoms with E-state index in [1.54, 1.807) is 19.1 Å². The van der Waals surface area contributed by atoms with Crippen molar-refractivity contribution in [1.29, 1.82) is 0 Å². The van der Waals surface area contributed by atoms with Crippen molar-refractivity contribution in [2.45, 2.75) is 13.0 Å². The summed E-state index contributed by atoms with van der Waals surface area (Å²) in [6.45, 7) is 1.71. The second-order valence-corrected chi connectivity index (χ2v) is 4.48. The minimum absolute atomic E-state index is 0.214. The maximum absolute atomic E-state index is 12.1. The van der Waals surface area contributed by atoms with Crippen LogP contribution in [-0.2, 0) is 0 Å². The third-order valence-corrected chi connectivity index (χ3v) is 3.05. The molecular formula is C13H18N2O4S. The average Bonchev–Trinajstić information content (AvgIpc) is 2.45. The van der Waals surface area contributed by atoms with E-state index in [0.717, 1.165) is 0 Å². The van der Waals surface area contributed by atoms with Crippen LogP contribution in [0.15, 0.2) is 12.1 Å². The van der Waals surface area contributed by atoms with Crippen LogP contribution in [0.1, 0.15) is 17.3 Å². The summed E-state index contributed by atoms with van der Waals surface area (Å²) in [5.41, 5.74) is 5.83. The highest BCUT2D eigenvalue weighted by atomic mass is 32.1. The van der Waals surface area contributed by atoms with Crippen molar-refractivity contribution < 1.29 is 19.0 Å². The van der Waals surface area contributed by atoms with Gasteiger partial charge < -0.3 is 25.3 Å². The lowest BCUT2D eigenvalue weighted by Crippen LogP contribution is -2.41.